The van der Waals surface area contributed by atoms with Gasteiger partial charge in [-0.25, -0.2) is 4.58 Å². The largest absolute Gasteiger partial charge is 0.493 e. The first-order valence-corrected chi connectivity index (χ1v) is 10.4. The number of allylic oxidation sites excluding steroid dienone is 3. The molecule has 2 aliphatic rings. The Balaban J connectivity index is 1.46. The van der Waals surface area contributed by atoms with Crippen LogP contribution in [0.25, 0.3) is 0 Å². The molecule has 0 bridgehead atoms. The number of carbonyl (C=O) groups is 1. The van der Waals surface area contributed by atoms with E-state index in [4.69, 9.17) is 9.47 Å². The molecule has 4 rings (SSSR count). The highest BCUT2D eigenvalue weighted by molar-refractivity contribution is 9.10. The molecule has 148 valence electrons. The highest BCUT2D eigenvalue weighted by atomic mass is 79.9. The number of benzene rings is 2. The minimum atomic E-state index is -0.133. The van der Waals surface area contributed by atoms with Gasteiger partial charge in [0.05, 0.1) is 20.6 Å². The number of carbonyl (C=O) groups excluding carboxylic acids is 1. The minimum absolute atomic E-state index is 0.133. The summed E-state index contributed by atoms with van der Waals surface area (Å²) in [6.45, 7) is 0.830. The molecular formula is C24H23BrNO3+. The summed E-state index contributed by atoms with van der Waals surface area (Å²) in [5, 5.41) is 0. The molecule has 0 spiro atoms. The van der Waals surface area contributed by atoms with Gasteiger partial charge in [0, 0.05) is 27.6 Å². The van der Waals surface area contributed by atoms with Crippen molar-refractivity contribution in [2.75, 3.05) is 14.2 Å². The molecule has 2 aromatic rings. The van der Waals surface area contributed by atoms with Crippen molar-refractivity contribution in [1.82, 2.24) is 0 Å². The van der Waals surface area contributed by atoms with E-state index in [0.29, 0.717) is 17.9 Å². The van der Waals surface area contributed by atoms with Crippen LogP contribution in [-0.4, -0.2) is 30.8 Å². The Kier molecular flexibility index (Phi) is 5.67. The normalized spacial score (nSPS) is 19.3. The summed E-state index contributed by atoms with van der Waals surface area (Å²) in [5.41, 5.74) is 4.18. The summed E-state index contributed by atoms with van der Waals surface area (Å²) in [6, 6.07) is 12.1. The summed E-state index contributed by atoms with van der Waals surface area (Å²) < 4.78 is 14.0. The van der Waals surface area contributed by atoms with E-state index in [1.54, 1.807) is 20.3 Å². The van der Waals surface area contributed by atoms with Crippen LogP contribution in [0, 0.1) is 5.92 Å². The standard InChI is InChI=1S/C24H23BrNO3/c1-28-22-13-18-12-19(24(27)21(18)14-23(22)29-2)10-16-6-8-26(9-7-16)15-17-4-3-5-20(25)11-17/h3-6,8-11,13-14,19H,7,12,15H2,1-2H3/q+1. The van der Waals surface area contributed by atoms with E-state index in [-0.39, 0.29) is 11.7 Å². The second-order valence-electron chi connectivity index (χ2n) is 7.29. The van der Waals surface area contributed by atoms with Gasteiger partial charge in [-0.15, -0.1) is 0 Å². The molecule has 0 saturated carbocycles. The molecule has 0 radical (unpaired) electrons. The molecule has 0 aromatic heterocycles. The van der Waals surface area contributed by atoms with Gasteiger partial charge < -0.3 is 9.47 Å². The lowest BCUT2D eigenvalue weighted by Gasteiger charge is -2.09. The molecule has 0 amide bonds. The molecule has 0 N–H and O–H groups in total. The van der Waals surface area contributed by atoms with Crippen LogP contribution in [0.15, 0.2) is 64.8 Å². The van der Waals surface area contributed by atoms with Gasteiger partial charge in [-0.3, -0.25) is 4.79 Å². The first-order chi connectivity index (χ1) is 14.1. The van der Waals surface area contributed by atoms with Gasteiger partial charge in [0.15, 0.2) is 30.0 Å². The van der Waals surface area contributed by atoms with Gasteiger partial charge in [0.1, 0.15) is 6.21 Å². The van der Waals surface area contributed by atoms with Gasteiger partial charge in [0.25, 0.3) is 0 Å². The average molecular weight is 453 g/mol. The highest BCUT2D eigenvalue weighted by Crippen LogP contribution is 2.37. The van der Waals surface area contributed by atoms with E-state index < -0.39 is 0 Å². The number of hydrogen-bond acceptors (Lipinski definition) is 3. The van der Waals surface area contributed by atoms with E-state index in [2.05, 4.69) is 57.2 Å². The van der Waals surface area contributed by atoms with Crippen molar-refractivity contribution in [2.24, 2.45) is 5.92 Å². The maximum atomic E-state index is 12.9. The third kappa shape index (κ3) is 4.20. The second-order valence-corrected chi connectivity index (χ2v) is 8.20. The first-order valence-electron chi connectivity index (χ1n) is 9.59. The Hall–Kier alpha value is -2.66. The third-order valence-corrected chi connectivity index (χ3v) is 5.86. The predicted molar refractivity (Wildman–Crippen MR) is 117 cm³/mol. The molecule has 2 aromatic carbocycles. The number of fused-ring (bicyclic) bond motifs is 1. The van der Waals surface area contributed by atoms with Crippen molar-refractivity contribution in [2.45, 2.75) is 19.4 Å². The zero-order chi connectivity index (χ0) is 20.4. The summed E-state index contributed by atoms with van der Waals surface area (Å²) in [5.74, 6) is 1.29. The second kappa shape index (κ2) is 8.37. The fraction of sp³-hybridized carbons (Fsp3) is 0.250. The monoisotopic (exact) mass is 452 g/mol. The van der Waals surface area contributed by atoms with Crippen molar-refractivity contribution in [1.29, 1.82) is 0 Å². The van der Waals surface area contributed by atoms with Crippen LogP contribution in [0.3, 0.4) is 0 Å². The number of methoxy groups -OCH3 is 2. The van der Waals surface area contributed by atoms with Crippen molar-refractivity contribution < 1.29 is 18.8 Å². The van der Waals surface area contributed by atoms with Crippen molar-refractivity contribution in [3.05, 3.63) is 81.5 Å². The first kappa shape index (κ1) is 19.6. The molecule has 4 nitrogen and oxygen atoms in total. The number of ketones is 1. The summed E-state index contributed by atoms with van der Waals surface area (Å²) in [4.78, 5) is 12.9. The van der Waals surface area contributed by atoms with Crippen LogP contribution in [0.2, 0.25) is 0 Å². The molecule has 1 heterocycles. The zero-order valence-corrected chi connectivity index (χ0v) is 18.1. The lowest BCUT2D eigenvalue weighted by molar-refractivity contribution is -0.471. The van der Waals surface area contributed by atoms with Gasteiger partial charge in [-0.2, -0.15) is 0 Å². The number of ether oxygens (including phenoxy) is 2. The number of rotatable bonds is 5. The summed E-state index contributed by atoms with van der Waals surface area (Å²) >= 11 is 3.52. The molecule has 5 heteroatoms. The van der Waals surface area contributed by atoms with Crippen LogP contribution >= 0.6 is 15.9 Å². The zero-order valence-electron chi connectivity index (χ0n) is 16.5. The SMILES string of the molecule is COc1cc2c(cc1OC)C(=O)C(C=C1C=C[N+](Cc3cccc(Br)c3)=CC1)C2. The van der Waals surface area contributed by atoms with Crippen LogP contribution < -0.4 is 9.47 Å². The fourth-order valence-electron chi connectivity index (χ4n) is 3.87. The molecule has 1 atom stereocenters. The van der Waals surface area contributed by atoms with E-state index in [1.165, 1.54) is 11.1 Å². The number of Topliss-reactive ketones (excluding diaryl/α,β-unsaturated/α-hetero) is 1. The van der Waals surface area contributed by atoms with Crippen molar-refractivity contribution >= 4 is 27.9 Å². The van der Waals surface area contributed by atoms with Gasteiger partial charge in [0.2, 0.25) is 0 Å². The van der Waals surface area contributed by atoms with Crippen molar-refractivity contribution in [3.8, 4) is 11.5 Å². The summed E-state index contributed by atoms with van der Waals surface area (Å²) in [6.07, 6.45) is 9.98. The molecule has 1 aliphatic heterocycles. The molecule has 29 heavy (non-hydrogen) atoms. The lowest BCUT2D eigenvalue weighted by Crippen LogP contribution is -2.12. The maximum absolute atomic E-state index is 12.9. The minimum Gasteiger partial charge on any atom is -0.493 e. The van der Waals surface area contributed by atoms with Crippen LogP contribution in [0.1, 0.15) is 27.9 Å². The van der Waals surface area contributed by atoms with Crippen LogP contribution in [-0.2, 0) is 13.0 Å². The van der Waals surface area contributed by atoms with Crippen molar-refractivity contribution in [3.63, 3.8) is 0 Å². The Labute approximate surface area is 179 Å². The molecule has 0 fully saturated rings. The van der Waals surface area contributed by atoms with E-state index >= 15 is 0 Å². The average Bonchev–Trinajstić information content (AvgIpc) is 3.03. The Bertz CT molecular complexity index is 1050. The number of nitrogens with zero attached hydrogens (tertiary/aromatic N) is 1. The van der Waals surface area contributed by atoms with E-state index in [9.17, 15) is 4.79 Å². The predicted octanol–water partition coefficient (Wildman–Crippen LogP) is 4.95. The summed E-state index contributed by atoms with van der Waals surface area (Å²) in [7, 11) is 3.20. The quantitative estimate of drug-likeness (QED) is 0.602. The molecule has 0 saturated heterocycles. The lowest BCUT2D eigenvalue weighted by atomic mass is 9.99. The highest BCUT2D eigenvalue weighted by Gasteiger charge is 2.31. The van der Waals surface area contributed by atoms with E-state index in [0.717, 1.165) is 28.6 Å². The number of halogens is 1. The van der Waals surface area contributed by atoms with Crippen LogP contribution in [0.5, 0.6) is 11.5 Å². The topological polar surface area (TPSA) is 38.5 Å². The van der Waals surface area contributed by atoms with Gasteiger partial charge in [-0.1, -0.05) is 34.1 Å². The Morgan fingerprint density at radius 2 is 1.97 bits per heavy atom. The number of hydrogen-bond donors (Lipinski definition) is 0. The molecule has 1 unspecified atom stereocenters. The smallest absolute Gasteiger partial charge is 0.173 e. The Morgan fingerprint density at radius 3 is 2.66 bits per heavy atom. The van der Waals surface area contributed by atoms with Crippen LogP contribution in [0.4, 0.5) is 0 Å². The molecule has 1 aliphatic carbocycles. The fourth-order valence-corrected chi connectivity index (χ4v) is 4.32. The Morgan fingerprint density at radius 1 is 1.17 bits per heavy atom. The van der Waals surface area contributed by atoms with Gasteiger partial charge >= 0.3 is 0 Å². The molecular weight excluding hydrogens is 430 g/mol. The van der Waals surface area contributed by atoms with E-state index in [1.807, 2.05) is 18.2 Å². The van der Waals surface area contributed by atoms with Gasteiger partial charge in [-0.05, 0) is 41.8 Å². The maximum Gasteiger partial charge on any atom is 0.173 e. The third-order valence-electron chi connectivity index (χ3n) is 5.36.